The Balaban J connectivity index is 2.50. The van der Waals surface area contributed by atoms with Crippen LogP contribution in [0.25, 0.3) is 0 Å². The molecule has 0 aliphatic rings. The van der Waals surface area contributed by atoms with E-state index in [9.17, 15) is 13.2 Å². The fraction of sp³-hybridized carbons (Fsp3) is 0.143. The summed E-state index contributed by atoms with van der Waals surface area (Å²) < 4.78 is 99.0. The van der Waals surface area contributed by atoms with Crippen LogP contribution in [-0.4, -0.2) is 12.3 Å². The van der Waals surface area contributed by atoms with Gasteiger partial charge in [-0.1, -0.05) is 0 Å². The first-order chi connectivity index (χ1) is 13.7. The Morgan fingerprint density at radius 1 is 0.517 bits per heavy atom. The van der Waals surface area contributed by atoms with Crippen molar-refractivity contribution in [3.8, 4) is 0 Å². The molecule has 0 spiro atoms. The molecule has 0 aliphatic heterocycles. The van der Waals surface area contributed by atoms with E-state index in [2.05, 4.69) is 0 Å². The molecule has 0 heterocycles. The molecule has 3 aromatic rings. The van der Waals surface area contributed by atoms with Crippen LogP contribution in [0.1, 0.15) is 5.56 Å². The van der Waals surface area contributed by atoms with Gasteiger partial charge in [-0.15, -0.1) is 0 Å². The maximum atomic E-state index is 15.0. The van der Waals surface area contributed by atoms with E-state index in [1.807, 2.05) is 0 Å². The van der Waals surface area contributed by atoms with Crippen LogP contribution in [-0.2, 0) is 6.18 Å². The minimum atomic E-state index is -5.76. The van der Waals surface area contributed by atoms with Crippen molar-refractivity contribution in [3.05, 3.63) is 90.5 Å². The van der Waals surface area contributed by atoms with E-state index in [0.29, 0.717) is 12.1 Å². The first-order valence-corrected chi connectivity index (χ1v) is 10.9. The predicted molar refractivity (Wildman–Crippen MR) is 102 cm³/mol. The van der Waals surface area contributed by atoms with Crippen LogP contribution in [0.4, 0.5) is 30.7 Å². The van der Waals surface area contributed by atoms with Crippen LogP contribution in [0.5, 0.6) is 0 Å². The predicted octanol–water partition coefficient (Wildman–Crippen LogP) is 5.98. The van der Waals surface area contributed by atoms with E-state index in [4.69, 9.17) is 0 Å². The van der Waals surface area contributed by atoms with Gasteiger partial charge in [-0.3, -0.25) is 0 Å². The second-order valence-electron chi connectivity index (χ2n) is 6.53. The van der Waals surface area contributed by atoms with Crippen molar-refractivity contribution < 1.29 is 30.7 Å². The molecule has 0 nitrogen and oxygen atoms in total. The van der Waals surface area contributed by atoms with Gasteiger partial charge >= 0.3 is 162 Å². The fourth-order valence-corrected chi connectivity index (χ4v) is 8.52. The minimum absolute atomic E-state index is 0.283. The van der Waals surface area contributed by atoms with Crippen molar-refractivity contribution in [2.75, 3.05) is 0 Å². The third kappa shape index (κ3) is 2.94. The summed E-state index contributed by atoms with van der Waals surface area (Å²) in [5.74, 6) is 0. The second kappa shape index (κ2) is 7.45. The Morgan fingerprint density at radius 3 is 1.17 bits per heavy atom. The molecule has 0 unspecified atom stereocenters. The molecule has 0 atom stereocenters. The van der Waals surface area contributed by atoms with Gasteiger partial charge in [0.15, 0.2) is 0 Å². The van der Waals surface area contributed by atoms with Crippen molar-refractivity contribution >= 4 is 22.5 Å². The van der Waals surface area contributed by atoms with E-state index in [0.717, 1.165) is 12.1 Å². The van der Waals surface area contributed by atoms with E-state index in [1.165, 1.54) is 60.7 Å². The van der Waals surface area contributed by atoms with Crippen LogP contribution >= 0.6 is 6.60 Å². The molecule has 0 saturated carbocycles. The molecule has 0 radical (unpaired) electrons. The summed E-state index contributed by atoms with van der Waals surface area (Å²) in [5, 5.41) is -1.06. The molecule has 0 aromatic heterocycles. The molecule has 154 valence electrons. The van der Waals surface area contributed by atoms with Crippen LogP contribution in [0.2, 0.25) is 0 Å². The molecule has 0 bridgehead atoms. The third-order valence-corrected chi connectivity index (χ3v) is 11.0. The molecule has 3 aromatic carbocycles. The molecule has 0 fully saturated rings. The van der Waals surface area contributed by atoms with E-state index < -0.39 is 36.0 Å². The Morgan fingerprint density at radius 2 is 0.862 bits per heavy atom. The van der Waals surface area contributed by atoms with Crippen LogP contribution < -0.4 is 15.9 Å². The number of alkyl halides is 7. The van der Waals surface area contributed by atoms with Crippen molar-refractivity contribution in [2.24, 2.45) is 0 Å². The maximum absolute atomic E-state index is 15.0. The molecule has 0 amide bonds. The Kier molecular flexibility index (Phi) is 5.48. The van der Waals surface area contributed by atoms with E-state index in [-0.39, 0.29) is 10.6 Å². The zero-order valence-corrected chi connectivity index (χ0v) is 15.7. The van der Waals surface area contributed by atoms with Crippen molar-refractivity contribution in [1.29, 1.82) is 0 Å². The van der Waals surface area contributed by atoms with Gasteiger partial charge in [-0.25, -0.2) is 0 Å². The van der Waals surface area contributed by atoms with Gasteiger partial charge in [0.05, 0.1) is 0 Å². The van der Waals surface area contributed by atoms with E-state index >= 15 is 17.6 Å². The number of hydrogen-bond acceptors (Lipinski definition) is 0. The number of hydrogen-bond donors (Lipinski definition) is 0. The van der Waals surface area contributed by atoms with Crippen LogP contribution in [0.3, 0.4) is 0 Å². The molecule has 0 N–H and O–H groups in total. The number of halogens is 7. The van der Waals surface area contributed by atoms with Gasteiger partial charge < -0.3 is 0 Å². The zero-order valence-electron chi connectivity index (χ0n) is 14.8. The number of rotatable bonds is 5. The average Bonchev–Trinajstić information content (AvgIpc) is 2.70. The standard InChI is InChI=1S/C21H16F7P/c22-19(23)29(20(24)25,16-7-3-1-4-8-16,17-9-5-2-6-10-17)18-13-11-15(12-14-18)21(26,27)28/h1-14,19-20H. The summed E-state index contributed by atoms with van der Waals surface area (Å²) >= 11 is 0. The Labute approximate surface area is 162 Å². The first kappa shape index (κ1) is 21.3. The van der Waals surface area contributed by atoms with E-state index in [1.54, 1.807) is 0 Å². The molecule has 0 saturated heterocycles. The first-order valence-electron chi connectivity index (χ1n) is 8.52. The SMILES string of the molecule is FC(F)P(c1ccccc1)(c1ccccc1)(c1ccc(C(F)(F)F)cc1)C(F)F. The van der Waals surface area contributed by atoms with Gasteiger partial charge in [0.1, 0.15) is 0 Å². The summed E-state index contributed by atoms with van der Waals surface area (Å²) in [4.78, 5) is 0. The third-order valence-electron chi connectivity index (χ3n) is 5.19. The van der Waals surface area contributed by atoms with Gasteiger partial charge in [0.25, 0.3) is 0 Å². The fourth-order valence-electron chi connectivity index (χ4n) is 3.68. The summed E-state index contributed by atoms with van der Waals surface area (Å²) in [5.41, 5.74) is -1.09. The van der Waals surface area contributed by atoms with Crippen molar-refractivity contribution in [1.82, 2.24) is 0 Å². The van der Waals surface area contributed by atoms with Crippen molar-refractivity contribution in [2.45, 2.75) is 18.5 Å². The summed E-state index contributed by atoms with van der Waals surface area (Å²) in [6.07, 6.45) is -11.8. The molecule has 29 heavy (non-hydrogen) atoms. The molecule has 0 aliphatic carbocycles. The number of benzene rings is 3. The molecular formula is C21H16F7P. The van der Waals surface area contributed by atoms with Crippen LogP contribution in [0, 0.1) is 0 Å². The topological polar surface area (TPSA) is 0 Å². The molecular weight excluding hydrogens is 416 g/mol. The summed E-state index contributed by atoms with van der Waals surface area (Å²) in [6.45, 7) is -5.76. The van der Waals surface area contributed by atoms with Gasteiger partial charge in [0, 0.05) is 0 Å². The van der Waals surface area contributed by atoms with Crippen LogP contribution in [0.15, 0.2) is 84.9 Å². The Hall–Kier alpha value is -2.40. The normalized spacial score (nSPS) is 14.0. The van der Waals surface area contributed by atoms with Gasteiger partial charge in [-0.2, -0.15) is 0 Å². The summed E-state index contributed by atoms with van der Waals surface area (Å²) in [6, 6.07) is 15.9. The average molecular weight is 432 g/mol. The molecule has 8 heteroatoms. The summed E-state index contributed by atoms with van der Waals surface area (Å²) in [7, 11) is 0. The van der Waals surface area contributed by atoms with Gasteiger partial charge in [0.2, 0.25) is 0 Å². The second-order valence-corrected chi connectivity index (χ2v) is 11.4. The molecule has 3 rings (SSSR count). The monoisotopic (exact) mass is 432 g/mol. The quantitative estimate of drug-likeness (QED) is 0.344. The Bertz CT molecular complexity index is 900. The van der Waals surface area contributed by atoms with Gasteiger partial charge in [-0.05, 0) is 0 Å². The van der Waals surface area contributed by atoms with Crippen molar-refractivity contribution in [3.63, 3.8) is 0 Å². The zero-order chi connectivity index (χ0) is 21.3.